The maximum atomic E-state index is 10.7. The molecule has 3 heteroatoms. The molecule has 0 aliphatic heterocycles. The molecule has 1 aliphatic rings. The first kappa shape index (κ1) is 11.7. The van der Waals surface area contributed by atoms with Gasteiger partial charge in [-0.25, -0.2) is 4.79 Å². The number of hydrogen-bond donors (Lipinski definition) is 2. The van der Waals surface area contributed by atoms with Crippen molar-refractivity contribution in [3.05, 3.63) is 47.7 Å². The molecule has 90 valence electrons. The van der Waals surface area contributed by atoms with Gasteiger partial charge in [0.1, 0.15) is 0 Å². The van der Waals surface area contributed by atoms with Crippen LogP contribution < -0.4 is 11.1 Å². The van der Waals surface area contributed by atoms with Crippen molar-refractivity contribution in [2.75, 3.05) is 0 Å². The molecule has 2 unspecified atom stereocenters. The van der Waals surface area contributed by atoms with Crippen LogP contribution in [0.3, 0.4) is 0 Å². The number of fused-ring (bicyclic) bond motifs is 1. The zero-order chi connectivity index (χ0) is 12.4. The van der Waals surface area contributed by atoms with Crippen molar-refractivity contribution < 1.29 is 4.79 Å². The molecular formula is C14H18N2O. The number of carbonyl (C=O) groups is 1. The van der Waals surface area contributed by atoms with Gasteiger partial charge >= 0.3 is 6.03 Å². The summed E-state index contributed by atoms with van der Waals surface area (Å²) in [6, 6.07) is 7.96. The summed E-state index contributed by atoms with van der Waals surface area (Å²) in [7, 11) is 0. The minimum atomic E-state index is -0.533. The van der Waals surface area contributed by atoms with Crippen LogP contribution in [-0.4, -0.2) is 6.03 Å². The van der Waals surface area contributed by atoms with Gasteiger partial charge in [0.05, 0.1) is 0 Å². The summed E-state index contributed by atoms with van der Waals surface area (Å²) < 4.78 is 0. The Balaban J connectivity index is 2.10. The second-order valence-electron chi connectivity index (χ2n) is 4.76. The van der Waals surface area contributed by atoms with Crippen LogP contribution >= 0.6 is 0 Å². The minimum Gasteiger partial charge on any atom is -0.351 e. The Labute approximate surface area is 102 Å². The first-order valence-electron chi connectivity index (χ1n) is 5.91. The number of carbonyl (C=O) groups excluding carboxylic acids is 1. The number of benzene rings is 1. The third-order valence-electron chi connectivity index (χ3n) is 3.40. The fourth-order valence-electron chi connectivity index (χ4n) is 2.73. The van der Waals surface area contributed by atoms with Crippen molar-refractivity contribution >= 4 is 6.03 Å². The Morgan fingerprint density at radius 1 is 1.47 bits per heavy atom. The third-order valence-corrected chi connectivity index (χ3v) is 3.40. The summed E-state index contributed by atoms with van der Waals surface area (Å²) in [5.41, 5.74) is 8.58. The molecule has 0 bridgehead atoms. The highest BCUT2D eigenvalue weighted by Gasteiger charge is 2.27. The van der Waals surface area contributed by atoms with E-state index in [4.69, 9.17) is 5.73 Å². The summed E-state index contributed by atoms with van der Waals surface area (Å²) in [5, 5.41) is 2.56. The summed E-state index contributed by atoms with van der Waals surface area (Å²) in [4.78, 5) is 10.7. The van der Waals surface area contributed by atoms with Gasteiger partial charge in [0.25, 0.3) is 0 Å². The van der Waals surface area contributed by atoms with Crippen LogP contribution in [0.1, 0.15) is 42.7 Å². The SMILES string of the molecule is C=C(CC1CC(C)c2ccccc21)NC(N)=O. The summed E-state index contributed by atoms with van der Waals surface area (Å²) in [6.45, 7) is 6.08. The number of nitrogens with one attached hydrogen (secondary N) is 1. The summed E-state index contributed by atoms with van der Waals surface area (Å²) in [5.74, 6) is 1.03. The zero-order valence-electron chi connectivity index (χ0n) is 10.1. The van der Waals surface area contributed by atoms with E-state index in [1.54, 1.807) is 0 Å². The van der Waals surface area contributed by atoms with E-state index in [-0.39, 0.29) is 0 Å². The fourth-order valence-corrected chi connectivity index (χ4v) is 2.73. The molecule has 0 saturated carbocycles. The molecular weight excluding hydrogens is 212 g/mol. The van der Waals surface area contributed by atoms with Crippen molar-refractivity contribution in [1.82, 2.24) is 5.32 Å². The number of urea groups is 1. The Bertz CT molecular complexity index is 453. The average Bonchev–Trinajstić information content (AvgIpc) is 2.55. The van der Waals surface area contributed by atoms with Crippen LogP contribution in [0.2, 0.25) is 0 Å². The second-order valence-corrected chi connectivity index (χ2v) is 4.76. The minimum absolute atomic E-state index is 0.445. The lowest BCUT2D eigenvalue weighted by atomic mass is 9.96. The van der Waals surface area contributed by atoms with Gasteiger partial charge in [-0.2, -0.15) is 0 Å². The third kappa shape index (κ3) is 2.49. The molecule has 0 aromatic heterocycles. The highest BCUT2D eigenvalue weighted by molar-refractivity contribution is 5.73. The molecule has 0 radical (unpaired) electrons. The van der Waals surface area contributed by atoms with Crippen molar-refractivity contribution in [2.45, 2.75) is 31.6 Å². The molecule has 1 aromatic carbocycles. The quantitative estimate of drug-likeness (QED) is 0.824. The smallest absolute Gasteiger partial charge is 0.316 e. The van der Waals surface area contributed by atoms with Gasteiger partial charge in [-0.3, -0.25) is 0 Å². The Kier molecular flexibility index (Phi) is 3.18. The van der Waals surface area contributed by atoms with E-state index in [1.807, 2.05) is 0 Å². The largest absolute Gasteiger partial charge is 0.351 e. The lowest BCUT2D eigenvalue weighted by molar-refractivity contribution is 0.251. The molecule has 0 spiro atoms. The van der Waals surface area contributed by atoms with Crippen LogP contribution in [-0.2, 0) is 0 Å². The number of allylic oxidation sites excluding steroid dienone is 1. The first-order chi connectivity index (χ1) is 8.08. The van der Waals surface area contributed by atoms with E-state index in [2.05, 4.69) is 43.1 Å². The molecule has 2 amide bonds. The topological polar surface area (TPSA) is 55.1 Å². The van der Waals surface area contributed by atoms with Gasteiger partial charge in [0, 0.05) is 5.70 Å². The van der Waals surface area contributed by atoms with E-state index < -0.39 is 6.03 Å². The van der Waals surface area contributed by atoms with Crippen LogP contribution in [0.25, 0.3) is 0 Å². The predicted octanol–water partition coefficient (Wildman–Crippen LogP) is 2.85. The van der Waals surface area contributed by atoms with E-state index in [1.165, 1.54) is 11.1 Å². The Morgan fingerprint density at radius 2 is 2.12 bits per heavy atom. The summed E-state index contributed by atoms with van der Waals surface area (Å²) >= 11 is 0. The molecule has 3 nitrogen and oxygen atoms in total. The van der Waals surface area contributed by atoms with Crippen molar-refractivity contribution in [1.29, 1.82) is 0 Å². The number of primary amides is 1. The molecule has 17 heavy (non-hydrogen) atoms. The first-order valence-corrected chi connectivity index (χ1v) is 5.91. The standard InChI is InChI=1S/C14H18N2O/c1-9-7-11(8-10(2)16-14(15)17)13-6-4-3-5-12(9)13/h3-6,9,11H,2,7-8H2,1H3,(H3,15,16,17). The highest BCUT2D eigenvalue weighted by atomic mass is 16.2. The molecule has 0 heterocycles. The number of nitrogens with two attached hydrogens (primary N) is 1. The molecule has 0 saturated heterocycles. The van der Waals surface area contributed by atoms with Crippen molar-refractivity contribution in [3.63, 3.8) is 0 Å². The van der Waals surface area contributed by atoms with E-state index in [0.717, 1.165) is 12.8 Å². The van der Waals surface area contributed by atoms with Gasteiger partial charge in [-0.15, -0.1) is 0 Å². The average molecular weight is 230 g/mol. The lowest BCUT2D eigenvalue weighted by Gasteiger charge is -2.13. The van der Waals surface area contributed by atoms with Gasteiger partial charge in [-0.05, 0) is 35.8 Å². The summed E-state index contributed by atoms with van der Waals surface area (Å²) in [6.07, 6.45) is 1.88. The molecule has 2 atom stereocenters. The van der Waals surface area contributed by atoms with E-state index in [9.17, 15) is 4.79 Å². The maximum absolute atomic E-state index is 10.7. The molecule has 0 fully saturated rings. The Morgan fingerprint density at radius 3 is 2.76 bits per heavy atom. The number of rotatable bonds is 3. The van der Waals surface area contributed by atoms with Gasteiger partial charge in [0.15, 0.2) is 0 Å². The van der Waals surface area contributed by atoms with Crippen molar-refractivity contribution in [2.24, 2.45) is 5.73 Å². The predicted molar refractivity (Wildman–Crippen MR) is 68.7 cm³/mol. The van der Waals surface area contributed by atoms with Crippen LogP contribution in [0.5, 0.6) is 0 Å². The normalized spacial score (nSPS) is 21.9. The molecule has 3 N–H and O–H groups in total. The van der Waals surface area contributed by atoms with Gasteiger partial charge < -0.3 is 11.1 Å². The highest BCUT2D eigenvalue weighted by Crippen LogP contribution is 2.43. The second kappa shape index (κ2) is 4.62. The van der Waals surface area contributed by atoms with Gasteiger partial charge in [-0.1, -0.05) is 37.8 Å². The van der Waals surface area contributed by atoms with Crippen molar-refractivity contribution in [3.8, 4) is 0 Å². The van der Waals surface area contributed by atoms with E-state index >= 15 is 0 Å². The van der Waals surface area contributed by atoms with Crippen LogP contribution in [0.4, 0.5) is 4.79 Å². The number of amides is 2. The van der Waals surface area contributed by atoms with Crippen LogP contribution in [0, 0.1) is 0 Å². The maximum Gasteiger partial charge on any atom is 0.316 e. The zero-order valence-corrected chi connectivity index (χ0v) is 10.1. The monoisotopic (exact) mass is 230 g/mol. The molecule has 2 rings (SSSR count). The lowest BCUT2D eigenvalue weighted by Crippen LogP contribution is -2.28. The van der Waals surface area contributed by atoms with Gasteiger partial charge in [0.2, 0.25) is 0 Å². The van der Waals surface area contributed by atoms with E-state index in [0.29, 0.717) is 17.5 Å². The fraction of sp³-hybridized carbons (Fsp3) is 0.357. The molecule has 1 aromatic rings. The number of hydrogen-bond acceptors (Lipinski definition) is 1. The Hall–Kier alpha value is -1.77. The van der Waals surface area contributed by atoms with Crippen LogP contribution in [0.15, 0.2) is 36.5 Å². The molecule has 1 aliphatic carbocycles.